The molecule has 1 N–H and O–H groups in total. The fraction of sp³-hybridized carbons (Fsp3) is 0.381. The lowest BCUT2D eigenvalue weighted by Crippen LogP contribution is -2.07. The quantitative estimate of drug-likeness (QED) is 0.760. The summed E-state index contributed by atoms with van der Waals surface area (Å²) in [7, 11) is 3.10. The Kier molecular flexibility index (Phi) is 5.73. The standard InChI is InChI=1S/C21H26O4/c1-12(2)17-9-14(10-18(13(3)4)21(17)23)20(22)16-8-7-15(24-5)11-19(16)25-6/h7-13,23H,1-6H3. The minimum absolute atomic E-state index is 0.114. The first-order valence-electron chi connectivity index (χ1n) is 8.43. The Morgan fingerprint density at radius 2 is 1.48 bits per heavy atom. The molecule has 0 aliphatic rings. The van der Waals surface area contributed by atoms with Gasteiger partial charge in [-0.15, -0.1) is 0 Å². The van der Waals surface area contributed by atoms with Gasteiger partial charge in [0.1, 0.15) is 17.2 Å². The van der Waals surface area contributed by atoms with E-state index < -0.39 is 0 Å². The van der Waals surface area contributed by atoms with Gasteiger partial charge in [-0.1, -0.05) is 27.7 Å². The Labute approximate surface area is 149 Å². The van der Waals surface area contributed by atoms with Gasteiger partial charge in [0.05, 0.1) is 19.8 Å². The largest absolute Gasteiger partial charge is 0.507 e. The van der Waals surface area contributed by atoms with E-state index in [-0.39, 0.29) is 23.4 Å². The molecule has 0 radical (unpaired) electrons. The molecule has 2 aromatic carbocycles. The molecule has 0 amide bonds. The average molecular weight is 342 g/mol. The lowest BCUT2D eigenvalue weighted by Gasteiger charge is -2.18. The van der Waals surface area contributed by atoms with Crippen LogP contribution in [0.5, 0.6) is 17.2 Å². The molecule has 0 atom stereocenters. The highest BCUT2D eigenvalue weighted by Gasteiger charge is 2.21. The van der Waals surface area contributed by atoms with Gasteiger partial charge in [-0.3, -0.25) is 4.79 Å². The summed E-state index contributed by atoms with van der Waals surface area (Å²) in [4.78, 5) is 13.1. The summed E-state index contributed by atoms with van der Waals surface area (Å²) in [5.74, 6) is 1.47. The third kappa shape index (κ3) is 3.78. The predicted molar refractivity (Wildman–Crippen MR) is 99.3 cm³/mol. The highest BCUT2D eigenvalue weighted by Crippen LogP contribution is 2.36. The van der Waals surface area contributed by atoms with E-state index in [0.717, 1.165) is 11.1 Å². The number of methoxy groups -OCH3 is 2. The van der Waals surface area contributed by atoms with Crippen LogP contribution in [0.1, 0.15) is 66.6 Å². The molecule has 0 aromatic heterocycles. The van der Waals surface area contributed by atoms with Crippen molar-refractivity contribution in [1.29, 1.82) is 0 Å². The number of phenols is 1. The van der Waals surface area contributed by atoms with Crippen molar-refractivity contribution in [2.45, 2.75) is 39.5 Å². The van der Waals surface area contributed by atoms with Crippen molar-refractivity contribution in [3.63, 3.8) is 0 Å². The summed E-state index contributed by atoms with van der Waals surface area (Å²) < 4.78 is 10.5. The number of ether oxygens (including phenoxy) is 2. The first-order valence-corrected chi connectivity index (χ1v) is 8.43. The van der Waals surface area contributed by atoms with Crippen molar-refractivity contribution in [3.05, 3.63) is 52.6 Å². The number of hydrogen-bond acceptors (Lipinski definition) is 4. The van der Waals surface area contributed by atoms with Gasteiger partial charge in [0, 0.05) is 11.6 Å². The van der Waals surface area contributed by atoms with E-state index in [0.29, 0.717) is 22.6 Å². The third-order valence-electron chi connectivity index (χ3n) is 4.33. The molecule has 0 saturated carbocycles. The van der Waals surface area contributed by atoms with Gasteiger partial charge >= 0.3 is 0 Å². The second-order valence-corrected chi connectivity index (χ2v) is 6.71. The Morgan fingerprint density at radius 3 is 1.92 bits per heavy atom. The normalized spacial score (nSPS) is 11.0. The van der Waals surface area contributed by atoms with Crippen molar-refractivity contribution in [2.24, 2.45) is 0 Å². The summed E-state index contributed by atoms with van der Waals surface area (Å²) in [5, 5.41) is 10.5. The number of ketones is 1. The van der Waals surface area contributed by atoms with Gasteiger partial charge in [0.25, 0.3) is 0 Å². The molecule has 2 rings (SSSR count). The van der Waals surface area contributed by atoms with Crippen LogP contribution in [-0.2, 0) is 0 Å². The van der Waals surface area contributed by atoms with Crippen LogP contribution in [-0.4, -0.2) is 25.1 Å². The molecule has 0 fully saturated rings. The summed E-state index contributed by atoms with van der Waals surface area (Å²) in [6.07, 6.45) is 0. The number of benzene rings is 2. The van der Waals surface area contributed by atoms with Crippen molar-refractivity contribution >= 4 is 5.78 Å². The highest BCUT2D eigenvalue weighted by molar-refractivity contribution is 6.11. The Hall–Kier alpha value is -2.49. The Morgan fingerprint density at radius 1 is 0.920 bits per heavy atom. The molecule has 0 saturated heterocycles. The number of carbonyl (C=O) groups excluding carboxylic acids is 1. The second-order valence-electron chi connectivity index (χ2n) is 6.71. The lowest BCUT2D eigenvalue weighted by atomic mass is 9.89. The SMILES string of the molecule is COc1ccc(C(=O)c2cc(C(C)C)c(O)c(C(C)C)c2)c(OC)c1. The van der Waals surface area contributed by atoms with E-state index in [1.807, 2.05) is 27.7 Å². The van der Waals surface area contributed by atoms with Gasteiger partial charge < -0.3 is 14.6 Å². The molecule has 4 nitrogen and oxygen atoms in total. The summed E-state index contributed by atoms with van der Waals surface area (Å²) in [6, 6.07) is 8.69. The molecule has 4 heteroatoms. The molecule has 2 aromatic rings. The number of phenolic OH excluding ortho intramolecular Hbond substituents is 1. The van der Waals surface area contributed by atoms with Gasteiger partial charge in [0.2, 0.25) is 0 Å². The van der Waals surface area contributed by atoms with E-state index in [4.69, 9.17) is 9.47 Å². The fourth-order valence-electron chi connectivity index (χ4n) is 2.83. The smallest absolute Gasteiger partial charge is 0.196 e. The van der Waals surface area contributed by atoms with Gasteiger partial charge in [-0.2, -0.15) is 0 Å². The Balaban J connectivity index is 2.60. The lowest BCUT2D eigenvalue weighted by molar-refractivity contribution is 0.103. The number of rotatable bonds is 6. The zero-order valence-electron chi connectivity index (χ0n) is 15.7. The minimum Gasteiger partial charge on any atom is -0.507 e. The Bertz CT molecular complexity index is 746. The maximum absolute atomic E-state index is 13.1. The van der Waals surface area contributed by atoms with Crippen LogP contribution >= 0.6 is 0 Å². The van der Waals surface area contributed by atoms with Gasteiger partial charge in [-0.25, -0.2) is 0 Å². The van der Waals surface area contributed by atoms with Crippen LogP contribution in [0.15, 0.2) is 30.3 Å². The first-order chi connectivity index (χ1) is 11.8. The van der Waals surface area contributed by atoms with Crippen LogP contribution in [0.4, 0.5) is 0 Å². The van der Waals surface area contributed by atoms with Gasteiger partial charge in [0.15, 0.2) is 5.78 Å². The third-order valence-corrected chi connectivity index (χ3v) is 4.33. The topological polar surface area (TPSA) is 55.8 Å². The summed E-state index contributed by atoms with van der Waals surface area (Å²) >= 11 is 0. The van der Waals surface area contributed by atoms with E-state index in [1.54, 1.807) is 37.4 Å². The van der Waals surface area contributed by atoms with E-state index in [1.165, 1.54) is 7.11 Å². The van der Waals surface area contributed by atoms with Crippen molar-refractivity contribution in [1.82, 2.24) is 0 Å². The summed E-state index contributed by atoms with van der Waals surface area (Å²) in [5.41, 5.74) is 2.58. The number of carbonyl (C=O) groups is 1. The minimum atomic E-state index is -0.136. The maximum Gasteiger partial charge on any atom is 0.196 e. The molecule has 134 valence electrons. The van der Waals surface area contributed by atoms with Crippen LogP contribution in [0.3, 0.4) is 0 Å². The van der Waals surface area contributed by atoms with Crippen molar-refractivity contribution < 1.29 is 19.4 Å². The molecule has 0 heterocycles. The monoisotopic (exact) mass is 342 g/mol. The first kappa shape index (κ1) is 18.8. The molecule has 0 aliphatic heterocycles. The molecular formula is C21H26O4. The van der Waals surface area contributed by atoms with Crippen molar-refractivity contribution in [2.75, 3.05) is 14.2 Å². The summed E-state index contributed by atoms with van der Waals surface area (Å²) in [6.45, 7) is 8.01. The molecule has 0 aliphatic carbocycles. The molecule has 0 bridgehead atoms. The fourth-order valence-corrected chi connectivity index (χ4v) is 2.83. The molecular weight excluding hydrogens is 316 g/mol. The zero-order valence-corrected chi connectivity index (χ0v) is 15.7. The van der Waals surface area contributed by atoms with E-state index in [9.17, 15) is 9.90 Å². The van der Waals surface area contributed by atoms with Crippen LogP contribution in [0.25, 0.3) is 0 Å². The van der Waals surface area contributed by atoms with Crippen LogP contribution < -0.4 is 9.47 Å². The second kappa shape index (κ2) is 7.60. The van der Waals surface area contributed by atoms with Crippen molar-refractivity contribution in [3.8, 4) is 17.2 Å². The maximum atomic E-state index is 13.1. The zero-order chi connectivity index (χ0) is 18.7. The van der Waals surface area contributed by atoms with Crippen LogP contribution in [0.2, 0.25) is 0 Å². The van der Waals surface area contributed by atoms with E-state index in [2.05, 4.69) is 0 Å². The van der Waals surface area contributed by atoms with E-state index >= 15 is 0 Å². The van der Waals surface area contributed by atoms with Gasteiger partial charge in [-0.05, 0) is 47.2 Å². The molecule has 0 unspecified atom stereocenters. The number of aromatic hydroxyl groups is 1. The van der Waals surface area contributed by atoms with Crippen LogP contribution in [0, 0.1) is 0 Å². The average Bonchev–Trinajstić information content (AvgIpc) is 2.60. The number of hydrogen-bond donors (Lipinski definition) is 1. The highest BCUT2D eigenvalue weighted by atomic mass is 16.5. The molecule has 25 heavy (non-hydrogen) atoms. The predicted octanol–water partition coefficient (Wildman–Crippen LogP) is 4.89. The molecule has 0 spiro atoms.